The summed E-state index contributed by atoms with van der Waals surface area (Å²) in [6, 6.07) is -0.332. The Kier molecular flexibility index (Phi) is 3.82. The molecule has 1 aliphatic carbocycles. The van der Waals surface area contributed by atoms with E-state index in [1.165, 1.54) is 0 Å². The highest BCUT2D eigenvalue weighted by Crippen LogP contribution is 2.42. The summed E-state index contributed by atoms with van der Waals surface area (Å²) < 4.78 is 0. The topological polar surface area (TPSA) is 81.1 Å². The van der Waals surface area contributed by atoms with E-state index in [9.17, 15) is 19.8 Å². The molecule has 2 saturated heterocycles. The molecule has 118 valence electrons. The van der Waals surface area contributed by atoms with Crippen LogP contribution in [0.2, 0.25) is 0 Å². The lowest BCUT2D eigenvalue weighted by atomic mass is 9.89. The maximum Gasteiger partial charge on any atom is 0.320 e. The Morgan fingerprint density at radius 3 is 2.48 bits per heavy atom. The summed E-state index contributed by atoms with van der Waals surface area (Å²) in [5.74, 6) is -1.21. The highest BCUT2D eigenvalue weighted by molar-refractivity contribution is 5.79. The number of hydrogen-bond donors (Lipinski definition) is 2. The van der Waals surface area contributed by atoms with Crippen molar-refractivity contribution in [2.24, 2.45) is 5.92 Å². The first-order valence-electron chi connectivity index (χ1n) is 7.96. The number of aliphatic hydroxyl groups excluding tert-OH is 1. The van der Waals surface area contributed by atoms with E-state index in [1.54, 1.807) is 16.8 Å². The van der Waals surface area contributed by atoms with Crippen molar-refractivity contribution in [1.29, 1.82) is 0 Å². The lowest BCUT2D eigenvalue weighted by Gasteiger charge is -2.38. The van der Waals surface area contributed by atoms with E-state index in [4.69, 9.17) is 0 Å². The second-order valence-electron chi connectivity index (χ2n) is 6.70. The number of carboxylic acid groups (broad SMARTS) is 1. The first-order chi connectivity index (χ1) is 10.0. The van der Waals surface area contributed by atoms with E-state index in [-0.39, 0.29) is 24.2 Å². The number of hydrogen-bond acceptors (Lipinski definition) is 3. The number of nitrogens with zero attached hydrogens (tertiary/aromatic N) is 2. The van der Waals surface area contributed by atoms with Crippen LogP contribution >= 0.6 is 0 Å². The molecule has 0 radical (unpaired) electrons. The molecule has 3 fully saturated rings. The maximum absolute atomic E-state index is 12.8. The van der Waals surface area contributed by atoms with Crippen LogP contribution in [-0.2, 0) is 4.79 Å². The molecule has 2 heterocycles. The molecular weight excluding hydrogens is 272 g/mol. The van der Waals surface area contributed by atoms with Gasteiger partial charge in [-0.3, -0.25) is 4.79 Å². The van der Waals surface area contributed by atoms with E-state index in [0.717, 1.165) is 38.5 Å². The zero-order chi connectivity index (χ0) is 15.1. The molecule has 2 bridgehead atoms. The molecule has 0 aromatic rings. The normalized spacial score (nSPS) is 38.6. The Labute approximate surface area is 124 Å². The van der Waals surface area contributed by atoms with Gasteiger partial charge in [0.15, 0.2) is 0 Å². The van der Waals surface area contributed by atoms with Gasteiger partial charge >= 0.3 is 12.0 Å². The highest BCUT2D eigenvalue weighted by Gasteiger charge is 2.52. The Hall–Kier alpha value is -1.30. The van der Waals surface area contributed by atoms with E-state index < -0.39 is 18.0 Å². The molecule has 5 unspecified atom stereocenters. The average Bonchev–Trinajstić information content (AvgIpc) is 3.04. The summed E-state index contributed by atoms with van der Waals surface area (Å²) in [5.41, 5.74) is 0. The van der Waals surface area contributed by atoms with Crippen molar-refractivity contribution in [2.45, 2.75) is 69.2 Å². The van der Waals surface area contributed by atoms with Gasteiger partial charge in [-0.05, 0) is 32.1 Å². The lowest BCUT2D eigenvalue weighted by molar-refractivity contribution is -0.142. The van der Waals surface area contributed by atoms with Gasteiger partial charge < -0.3 is 20.0 Å². The van der Waals surface area contributed by atoms with Crippen LogP contribution < -0.4 is 0 Å². The first kappa shape index (κ1) is 14.6. The minimum Gasteiger partial charge on any atom is -0.481 e. The third kappa shape index (κ3) is 2.39. The van der Waals surface area contributed by atoms with E-state index in [1.807, 2.05) is 0 Å². The monoisotopic (exact) mass is 296 g/mol. The van der Waals surface area contributed by atoms with Crippen molar-refractivity contribution < 1.29 is 19.8 Å². The van der Waals surface area contributed by atoms with Gasteiger partial charge in [0.25, 0.3) is 0 Å². The number of amides is 2. The van der Waals surface area contributed by atoms with Crippen LogP contribution in [0.4, 0.5) is 4.79 Å². The Morgan fingerprint density at radius 1 is 1.14 bits per heavy atom. The minimum absolute atomic E-state index is 0.0618. The molecule has 1 saturated carbocycles. The number of rotatable bonds is 2. The van der Waals surface area contributed by atoms with Gasteiger partial charge in [-0.2, -0.15) is 0 Å². The van der Waals surface area contributed by atoms with Crippen LogP contribution in [0, 0.1) is 5.92 Å². The van der Waals surface area contributed by atoms with Crippen molar-refractivity contribution in [1.82, 2.24) is 9.80 Å². The maximum atomic E-state index is 12.8. The molecule has 21 heavy (non-hydrogen) atoms. The van der Waals surface area contributed by atoms with Crippen molar-refractivity contribution in [3.8, 4) is 0 Å². The molecule has 0 spiro atoms. The number of likely N-dealkylation sites (N-methyl/N-ethyl adjacent to an activating group) is 1. The van der Waals surface area contributed by atoms with E-state index in [2.05, 4.69) is 0 Å². The summed E-state index contributed by atoms with van der Waals surface area (Å²) in [6.45, 7) is 0. The molecule has 3 aliphatic rings. The number of fused-ring (bicyclic) bond motifs is 2. The minimum atomic E-state index is -0.791. The molecule has 3 rings (SSSR count). The second-order valence-corrected chi connectivity index (χ2v) is 6.70. The van der Waals surface area contributed by atoms with Crippen molar-refractivity contribution in [3.63, 3.8) is 0 Å². The largest absolute Gasteiger partial charge is 0.481 e. The number of aliphatic hydroxyl groups is 1. The van der Waals surface area contributed by atoms with Crippen LogP contribution in [0.3, 0.4) is 0 Å². The number of carboxylic acids is 1. The zero-order valence-electron chi connectivity index (χ0n) is 12.4. The fraction of sp³-hybridized carbons (Fsp3) is 0.867. The Bertz CT molecular complexity index is 441. The zero-order valence-corrected chi connectivity index (χ0v) is 12.4. The van der Waals surface area contributed by atoms with Gasteiger partial charge in [-0.25, -0.2) is 4.79 Å². The van der Waals surface area contributed by atoms with Gasteiger partial charge in [0.1, 0.15) is 0 Å². The summed E-state index contributed by atoms with van der Waals surface area (Å²) in [6.07, 6.45) is 5.42. The van der Waals surface area contributed by atoms with Crippen molar-refractivity contribution in [2.75, 3.05) is 7.05 Å². The molecule has 5 atom stereocenters. The SMILES string of the molecule is CN(C(=O)N1C2CCC1C(C(=O)O)C2)C1CCCCC1O. The third-order valence-electron chi connectivity index (χ3n) is 5.57. The summed E-state index contributed by atoms with van der Waals surface area (Å²) in [7, 11) is 1.75. The van der Waals surface area contributed by atoms with Crippen molar-refractivity contribution >= 4 is 12.0 Å². The second kappa shape index (κ2) is 5.48. The van der Waals surface area contributed by atoms with Crippen LogP contribution in [-0.4, -0.2) is 63.3 Å². The van der Waals surface area contributed by atoms with Crippen LogP contribution in [0.15, 0.2) is 0 Å². The summed E-state index contributed by atoms with van der Waals surface area (Å²) >= 11 is 0. The van der Waals surface area contributed by atoms with Gasteiger partial charge in [0.05, 0.1) is 18.1 Å². The van der Waals surface area contributed by atoms with Gasteiger partial charge in [-0.1, -0.05) is 12.8 Å². The van der Waals surface area contributed by atoms with Crippen LogP contribution in [0.1, 0.15) is 44.9 Å². The molecule has 6 nitrogen and oxygen atoms in total. The molecule has 2 aliphatic heterocycles. The Morgan fingerprint density at radius 2 is 1.86 bits per heavy atom. The fourth-order valence-corrected chi connectivity index (χ4v) is 4.42. The number of carbonyl (C=O) groups excluding carboxylic acids is 1. The third-order valence-corrected chi connectivity index (χ3v) is 5.57. The highest BCUT2D eigenvalue weighted by atomic mass is 16.4. The average molecular weight is 296 g/mol. The predicted octanol–water partition coefficient (Wildman–Crippen LogP) is 1.28. The van der Waals surface area contributed by atoms with Gasteiger partial charge in [0, 0.05) is 19.1 Å². The standard InChI is InChI=1S/C15H24N2O4/c1-16(12-4-2-3-5-13(12)18)15(21)17-9-6-7-11(17)10(8-9)14(19)20/h9-13,18H,2-8H2,1H3,(H,19,20). The van der Waals surface area contributed by atoms with Gasteiger partial charge in [-0.15, -0.1) is 0 Å². The molecule has 0 aromatic heterocycles. The smallest absolute Gasteiger partial charge is 0.320 e. The van der Waals surface area contributed by atoms with Crippen LogP contribution in [0.25, 0.3) is 0 Å². The predicted molar refractivity (Wildman–Crippen MR) is 75.8 cm³/mol. The quantitative estimate of drug-likeness (QED) is 0.804. The molecule has 2 amide bonds. The molecule has 0 aromatic carbocycles. The van der Waals surface area contributed by atoms with Crippen LogP contribution in [0.5, 0.6) is 0 Å². The lowest BCUT2D eigenvalue weighted by Crippen LogP contribution is -2.53. The summed E-state index contributed by atoms with van der Waals surface area (Å²) in [4.78, 5) is 27.5. The Balaban J connectivity index is 1.72. The fourth-order valence-electron chi connectivity index (χ4n) is 4.42. The van der Waals surface area contributed by atoms with E-state index in [0.29, 0.717) is 6.42 Å². The number of carbonyl (C=O) groups is 2. The van der Waals surface area contributed by atoms with Crippen molar-refractivity contribution in [3.05, 3.63) is 0 Å². The molecule has 2 N–H and O–H groups in total. The number of aliphatic carboxylic acids is 1. The first-order valence-corrected chi connectivity index (χ1v) is 7.96. The number of urea groups is 1. The van der Waals surface area contributed by atoms with Gasteiger partial charge in [0.2, 0.25) is 0 Å². The molecular formula is C15H24N2O4. The van der Waals surface area contributed by atoms with E-state index >= 15 is 0 Å². The molecule has 6 heteroatoms. The summed E-state index contributed by atoms with van der Waals surface area (Å²) in [5, 5.41) is 19.4.